The minimum atomic E-state index is -3.81. The topological polar surface area (TPSA) is 81.4 Å². The molecule has 0 unspecified atom stereocenters. The first kappa shape index (κ1) is 16.1. The van der Waals surface area contributed by atoms with Crippen LogP contribution in [-0.2, 0) is 10.0 Å². The third kappa shape index (κ3) is 3.69. The van der Waals surface area contributed by atoms with Crippen molar-refractivity contribution in [1.29, 1.82) is 0 Å². The summed E-state index contributed by atoms with van der Waals surface area (Å²) >= 11 is 6.62. The fraction of sp³-hybridized carbons (Fsp3) is 0.0769. The van der Waals surface area contributed by atoms with Gasteiger partial charge in [0, 0.05) is 14.6 Å². The first-order valence-corrected chi connectivity index (χ1v) is 8.82. The summed E-state index contributed by atoms with van der Waals surface area (Å²) in [7, 11) is -2.41. The Hall–Kier alpha value is -1.25. The van der Waals surface area contributed by atoms with Gasteiger partial charge in [-0.25, -0.2) is 8.42 Å². The molecule has 0 saturated carbocycles. The maximum atomic E-state index is 12.5. The number of methoxy groups -OCH3 is 1. The number of benzene rings is 2. The van der Waals surface area contributed by atoms with Gasteiger partial charge in [0.1, 0.15) is 10.6 Å². The maximum Gasteiger partial charge on any atom is 0.265 e. The van der Waals surface area contributed by atoms with E-state index in [1.54, 1.807) is 24.3 Å². The summed E-state index contributed by atoms with van der Waals surface area (Å²) in [5.74, 6) is 0.227. The van der Waals surface area contributed by atoms with Gasteiger partial charge in [0.25, 0.3) is 10.0 Å². The first-order valence-electron chi connectivity index (χ1n) is 5.75. The lowest BCUT2D eigenvalue weighted by atomic mass is 10.3. The van der Waals surface area contributed by atoms with Crippen molar-refractivity contribution in [1.82, 2.24) is 0 Å². The predicted octanol–water partition coefficient (Wildman–Crippen LogP) is 3.60. The van der Waals surface area contributed by atoms with Gasteiger partial charge in [-0.3, -0.25) is 4.72 Å². The summed E-state index contributed by atoms with van der Waals surface area (Å²) in [4.78, 5) is -0.0141. The Morgan fingerprint density at radius 3 is 2.48 bits per heavy atom. The number of nitrogens with one attached hydrogen (secondary N) is 1. The molecular formula is C13H12Br2N2O3S. The van der Waals surface area contributed by atoms with Crippen LogP contribution >= 0.6 is 31.9 Å². The molecule has 0 amide bonds. The number of halogens is 2. The molecule has 0 saturated heterocycles. The van der Waals surface area contributed by atoms with Gasteiger partial charge in [0.2, 0.25) is 0 Å². The van der Waals surface area contributed by atoms with E-state index in [1.165, 1.54) is 19.2 Å². The Balaban J connectivity index is 2.45. The summed E-state index contributed by atoms with van der Waals surface area (Å²) in [5, 5.41) is 0. The number of ether oxygens (including phenoxy) is 1. The van der Waals surface area contributed by atoms with Crippen LogP contribution in [-0.4, -0.2) is 15.5 Å². The average Bonchev–Trinajstić information content (AvgIpc) is 2.42. The number of sulfonamides is 1. The summed E-state index contributed by atoms with van der Waals surface area (Å²) in [6, 6.07) is 9.57. The van der Waals surface area contributed by atoms with Crippen LogP contribution in [0.25, 0.3) is 0 Å². The van der Waals surface area contributed by atoms with E-state index < -0.39 is 10.0 Å². The normalized spacial score (nSPS) is 11.2. The standard InChI is InChI=1S/C13H12Br2N2O3S/c1-20-12-5-3-9(16)7-13(12)21(18,19)17-11-4-2-8(14)6-10(11)15/h2-7,17H,16H2,1H3. The van der Waals surface area contributed by atoms with Gasteiger partial charge in [0.05, 0.1) is 12.8 Å². The quantitative estimate of drug-likeness (QED) is 0.718. The smallest absolute Gasteiger partial charge is 0.265 e. The molecule has 2 aromatic carbocycles. The third-order valence-corrected chi connectivity index (χ3v) is 5.19. The lowest BCUT2D eigenvalue weighted by Gasteiger charge is -2.13. The van der Waals surface area contributed by atoms with Gasteiger partial charge in [0.15, 0.2) is 0 Å². The van der Waals surface area contributed by atoms with E-state index in [-0.39, 0.29) is 10.6 Å². The van der Waals surface area contributed by atoms with Crippen molar-refractivity contribution in [2.45, 2.75) is 4.90 Å². The van der Waals surface area contributed by atoms with Crippen molar-refractivity contribution in [2.75, 3.05) is 17.6 Å². The Kier molecular flexibility index (Phi) is 4.80. The lowest BCUT2D eigenvalue weighted by molar-refractivity contribution is 0.403. The zero-order valence-electron chi connectivity index (χ0n) is 10.9. The first-order chi connectivity index (χ1) is 9.83. The second kappa shape index (κ2) is 6.25. The molecule has 0 radical (unpaired) electrons. The molecule has 0 spiro atoms. The molecule has 0 aromatic heterocycles. The molecule has 0 bridgehead atoms. The fourth-order valence-corrected chi connectivity index (χ4v) is 4.24. The molecule has 3 N–H and O–H groups in total. The highest BCUT2D eigenvalue weighted by molar-refractivity contribution is 9.11. The zero-order chi connectivity index (χ0) is 15.6. The summed E-state index contributed by atoms with van der Waals surface area (Å²) in [6.07, 6.45) is 0. The van der Waals surface area contributed by atoms with Crippen molar-refractivity contribution in [2.24, 2.45) is 0 Å². The van der Waals surface area contributed by atoms with E-state index in [2.05, 4.69) is 36.6 Å². The Bertz CT molecular complexity index is 779. The van der Waals surface area contributed by atoms with Crippen LogP contribution < -0.4 is 15.2 Å². The zero-order valence-corrected chi connectivity index (χ0v) is 14.9. The number of nitrogen functional groups attached to an aromatic ring is 1. The highest BCUT2D eigenvalue weighted by Gasteiger charge is 2.21. The molecule has 5 nitrogen and oxygen atoms in total. The van der Waals surface area contributed by atoms with Crippen molar-refractivity contribution in [3.63, 3.8) is 0 Å². The third-order valence-electron chi connectivity index (χ3n) is 2.65. The second-order valence-electron chi connectivity index (χ2n) is 4.14. The van der Waals surface area contributed by atoms with Crippen molar-refractivity contribution < 1.29 is 13.2 Å². The number of hydrogen-bond acceptors (Lipinski definition) is 4. The van der Waals surface area contributed by atoms with Gasteiger partial charge in [-0.2, -0.15) is 0 Å². The fourth-order valence-electron chi connectivity index (χ4n) is 1.68. The van der Waals surface area contributed by atoms with Gasteiger partial charge in [-0.15, -0.1) is 0 Å². The molecule has 21 heavy (non-hydrogen) atoms. The number of anilines is 2. The molecule has 2 aromatic rings. The molecule has 0 aliphatic rings. The molecule has 2 rings (SSSR count). The van der Waals surface area contributed by atoms with Crippen LogP contribution in [0.3, 0.4) is 0 Å². The Morgan fingerprint density at radius 2 is 1.86 bits per heavy atom. The SMILES string of the molecule is COc1ccc(N)cc1S(=O)(=O)Nc1ccc(Br)cc1Br. The molecule has 8 heteroatoms. The van der Waals surface area contributed by atoms with Crippen LogP contribution in [0.5, 0.6) is 5.75 Å². The molecule has 112 valence electrons. The van der Waals surface area contributed by atoms with E-state index >= 15 is 0 Å². The average molecular weight is 436 g/mol. The molecule has 0 aliphatic carbocycles. The van der Waals surface area contributed by atoms with Crippen LogP contribution in [0, 0.1) is 0 Å². The maximum absolute atomic E-state index is 12.5. The number of rotatable bonds is 4. The van der Waals surface area contributed by atoms with Gasteiger partial charge in [-0.1, -0.05) is 15.9 Å². The van der Waals surface area contributed by atoms with E-state index in [4.69, 9.17) is 10.5 Å². The molecule has 0 heterocycles. The van der Waals surface area contributed by atoms with E-state index in [0.717, 1.165) is 4.47 Å². The monoisotopic (exact) mass is 434 g/mol. The van der Waals surface area contributed by atoms with E-state index in [0.29, 0.717) is 15.8 Å². The number of hydrogen-bond donors (Lipinski definition) is 2. The van der Waals surface area contributed by atoms with Gasteiger partial charge in [-0.05, 0) is 52.3 Å². The molecule has 0 aliphatic heterocycles. The van der Waals surface area contributed by atoms with Crippen LogP contribution in [0.1, 0.15) is 0 Å². The summed E-state index contributed by atoms with van der Waals surface area (Å²) in [5.41, 5.74) is 6.42. The van der Waals surface area contributed by atoms with Crippen LogP contribution in [0.4, 0.5) is 11.4 Å². The predicted molar refractivity (Wildman–Crippen MR) is 90.1 cm³/mol. The highest BCUT2D eigenvalue weighted by Crippen LogP contribution is 2.31. The molecule has 0 fully saturated rings. The van der Waals surface area contributed by atoms with Crippen molar-refractivity contribution in [3.8, 4) is 5.75 Å². The molecular weight excluding hydrogens is 424 g/mol. The minimum absolute atomic E-state index is 0.0141. The van der Waals surface area contributed by atoms with Gasteiger partial charge >= 0.3 is 0 Å². The van der Waals surface area contributed by atoms with Crippen molar-refractivity contribution in [3.05, 3.63) is 45.3 Å². The minimum Gasteiger partial charge on any atom is -0.495 e. The summed E-state index contributed by atoms with van der Waals surface area (Å²) in [6.45, 7) is 0. The van der Waals surface area contributed by atoms with Gasteiger partial charge < -0.3 is 10.5 Å². The van der Waals surface area contributed by atoms with E-state index in [1.807, 2.05) is 0 Å². The highest BCUT2D eigenvalue weighted by atomic mass is 79.9. The number of nitrogens with two attached hydrogens (primary N) is 1. The Labute approximate surface area is 139 Å². The van der Waals surface area contributed by atoms with Crippen molar-refractivity contribution >= 4 is 53.3 Å². The Morgan fingerprint density at radius 1 is 1.14 bits per heavy atom. The second-order valence-corrected chi connectivity index (χ2v) is 7.56. The largest absolute Gasteiger partial charge is 0.495 e. The van der Waals surface area contributed by atoms with Crippen LogP contribution in [0.15, 0.2) is 50.2 Å². The van der Waals surface area contributed by atoms with Crippen LogP contribution in [0.2, 0.25) is 0 Å². The van der Waals surface area contributed by atoms with E-state index in [9.17, 15) is 8.42 Å². The lowest BCUT2D eigenvalue weighted by Crippen LogP contribution is -2.14. The molecule has 0 atom stereocenters. The summed E-state index contributed by atoms with van der Waals surface area (Å²) < 4.78 is 34.0.